The van der Waals surface area contributed by atoms with E-state index in [-0.39, 0.29) is 25.7 Å². The second-order valence-corrected chi connectivity index (χ2v) is 20.6. The van der Waals surface area contributed by atoms with E-state index in [1.54, 1.807) is 42.5 Å². The largest absolute Gasteiger partial charge is 0.472 e. The minimum absolute atomic E-state index is 0.0217. The maximum atomic E-state index is 12.7. The molecule has 0 saturated carbocycles. The van der Waals surface area contributed by atoms with Gasteiger partial charge in [0.25, 0.3) is 0 Å². The third kappa shape index (κ3) is 46.5. The van der Waals surface area contributed by atoms with Gasteiger partial charge in [0.1, 0.15) is 12.7 Å². The topological polar surface area (TPSA) is 256 Å². The second-order valence-electron chi connectivity index (χ2n) is 17.9. The molecule has 0 aliphatic rings. The lowest BCUT2D eigenvalue weighted by Crippen LogP contribution is -2.30. The van der Waals surface area contributed by atoms with Gasteiger partial charge in [-0.3, -0.25) is 23.2 Å². The van der Waals surface area contributed by atoms with Crippen molar-refractivity contribution < 1.29 is 76.9 Å². The van der Waals surface area contributed by atoms with E-state index in [1.807, 2.05) is 19.1 Å². The van der Waals surface area contributed by atoms with Crippen LogP contribution in [-0.2, 0) is 41.8 Å². The molecule has 0 bridgehead atoms. The summed E-state index contributed by atoms with van der Waals surface area (Å²) < 4.78 is 47.7. The summed E-state index contributed by atoms with van der Waals surface area (Å²) in [6.45, 7) is 3.58. The molecule has 0 aromatic rings. The molecule has 69 heavy (non-hydrogen) atoms. The maximum Gasteiger partial charge on any atom is 0.472 e. The van der Waals surface area contributed by atoms with Crippen LogP contribution in [0.3, 0.4) is 0 Å². The number of rotatable bonds is 47. The SMILES string of the molecule is CC/C=C\C[C@H](O)/C=C/C=C/C=C\C=C/[C@@H](O)[C@H](O)CCCC(=O)O[C@H](COC(=O)CCCCCCCCCCCCCCCCCCCCC(C)CC)COP(=O)(O)OC[C@@H](O)COP(=O)(O)O. The summed E-state index contributed by atoms with van der Waals surface area (Å²) in [6, 6.07) is 0. The van der Waals surface area contributed by atoms with Crippen LogP contribution in [0.25, 0.3) is 0 Å². The summed E-state index contributed by atoms with van der Waals surface area (Å²) in [7, 11) is -9.82. The first-order valence-electron chi connectivity index (χ1n) is 25.7. The molecule has 402 valence electrons. The number of hydrogen-bond donors (Lipinski definition) is 7. The number of esters is 2. The molecule has 0 aromatic carbocycles. The Kier molecular flexibility index (Phi) is 42.9. The normalized spacial score (nSPS) is 16.1. The predicted molar refractivity (Wildman–Crippen MR) is 271 cm³/mol. The lowest BCUT2D eigenvalue weighted by Gasteiger charge is -2.21. The van der Waals surface area contributed by atoms with E-state index >= 15 is 0 Å². The Morgan fingerprint density at radius 3 is 1.55 bits per heavy atom. The van der Waals surface area contributed by atoms with E-state index in [4.69, 9.17) is 23.8 Å². The third-order valence-electron chi connectivity index (χ3n) is 11.3. The van der Waals surface area contributed by atoms with Crippen LogP contribution in [0.15, 0.2) is 60.8 Å². The van der Waals surface area contributed by atoms with Crippen LogP contribution in [0.5, 0.6) is 0 Å². The summed E-state index contributed by atoms with van der Waals surface area (Å²) in [5.74, 6) is -0.488. The highest BCUT2D eigenvalue weighted by Crippen LogP contribution is 2.44. The first kappa shape index (κ1) is 66.7. The molecule has 18 heteroatoms. The van der Waals surface area contributed by atoms with Crippen molar-refractivity contribution in [3.63, 3.8) is 0 Å². The number of carbonyl (C=O) groups is 2. The van der Waals surface area contributed by atoms with Gasteiger partial charge in [0.05, 0.1) is 38.1 Å². The van der Waals surface area contributed by atoms with Crippen molar-refractivity contribution in [3.05, 3.63) is 60.8 Å². The summed E-state index contributed by atoms with van der Waals surface area (Å²) in [4.78, 5) is 53.0. The van der Waals surface area contributed by atoms with Crippen LogP contribution in [0, 0.1) is 5.92 Å². The van der Waals surface area contributed by atoms with Crippen molar-refractivity contribution in [3.8, 4) is 0 Å². The average Bonchev–Trinajstić information content (AvgIpc) is 3.30. The predicted octanol–water partition coefficient (Wildman–Crippen LogP) is 10.7. The number of aliphatic hydroxyl groups is 4. The fourth-order valence-corrected chi connectivity index (χ4v) is 8.06. The molecule has 0 heterocycles. The van der Waals surface area contributed by atoms with E-state index in [0.29, 0.717) is 12.8 Å². The summed E-state index contributed by atoms with van der Waals surface area (Å²) in [5.41, 5.74) is 0. The minimum Gasteiger partial charge on any atom is -0.462 e. The summed E-state index contributed by atoms with van der Waals surface area (Å²) >= 11 is 0. The Morgan fingerprint density at radius 2 is 1.01 bits per heavy atom. The number of allylic oxidation sites excluding steroid dienone is 7. The number of phosphoric ester groups is 2. The van der Waals surface area contributed by atoms with Crippen molar-refractivity contribution in [1.82, 2.24) is 0 Å². The monoisotopic (exact) mass is 1020 g/mol. The van der Waals surface area contributed by atoms with Crippen LogP contribution < -0.4 is 0 Å². The van der Waals surface area contributed by atoms with Gasteiger partial charge in [-0.15, -0.1) is 0 Å². The van der Waals surface area contributed by atoms with Crippen LogP contribution in [0.1, 0.15) is 188 Å². The number of aliphatic hydroxyl groups excluding tert-OH is 4. The molecule has 0 rings (SSSR count). The lowest BCUT2D eigenvalue weighted by atomic mass is 9.99. The molecular weight excluding hydrogens is 930 g/mol. The molecule has 2 unspecified atom stereocenters. The highest BCUT2D eigenvalue weighted by Gasteiger charge is 2.28. The molecule has 0 radical (unpaired) electrons. The molecule has 0 aliphatic heterocycles. The Bertz CT molecular complexity index is 1510. The minimum atomic E-state index is -4.91. The molecule has 0 spiro atoms. The van der Waals surface area contributed by atoms with Crippen molar-refractivity contribution in [2.45, 2.75) is 218 Å². The number of unbranched alkanes of at least 4 members (excludes halogenated alkanes) is 17. The van der Waals surface area contributed by atoms with E-state index in [9.17, 15) is 44.0 Å². The first-order chi connectivity index (χ1) is 33.0. The smallest absolute Gasteiger partial charge is 0.462 e. The molecule has 0 aliphatic carbocycles. The molecule has 0 aromatic heterocycles. The number of ether oxygens (including phenoxy) is 2. The van der Waals surface area contributed by atoms with Gasteiger partial charge < -0.3 is 44.6 Å². The fourth-order valence-electron chi connectivity index (χ4n) is 6.90. The molecule has 0 fully saturated rings. The molecular formula is C51H92O16P2. The van der Waals surface area contributed by atoms with Gasteiger partial charge in [0.2, 0.25) is 0 Å². The highest BCUT2D eigenvalue weighted by molar-refractivity contribution is 7.47. The Balaban J connectivity index is 4.65. The van der Waals surface area contributed by atoms with Gasteiger partial charge in [0, 0.05) is 12.8 Å². The quantitative estimate of drug-likeness (QED) is 0.00983. The average molecular weight is 1020 g/mol. The molecule has 0 amide bonds. The van der Waals surface area contributed by atoms with Crippen molar-refractivity contribution >= 4 is 27.6 Å². The fraction of sp³-hybridized carbons (Fsp3) is 0.765. The van der Waals surface area contributed by atoms with E-state index in [2.05, 4.69) is 22.9 Å². The highest BCUT2D eigenvalue weighted by atomic mass is 31.2. The zero-order chi connectivity index (χ0) is 51.4. The van der Waals surface area contributed by atoms with Crippen LogP contribution in [0.4, 0.5) is 0 Å². The molecule has 0 saturated heterocycles. The summed E-state index contributed by atoms with van der Waals surface area (Å²) in [5, 5.41) is 40.3. The molecule has 16 nitrogen and oxygen atoms in total. The Labute approximate surface area is 414 Å². The molecule has 7 N–H and O–H groups in total. The second kappa shape index (κ2) is 44.4. The van der Waals surface area contributed by atoms with Gasteiger partial charge in [-0.25, -0.2) is 9.13 Å². The summed E-state index contributed by atoms with van der Waals surface area (Å²) in [6.07, 6.45) is 37.2. The van der Waals surface area contributed by atoms with E-state index in [0.717, 1.165) is 38.0 Å². The zero-order valence-corrected chi connectivity index (χ0v) is 43.9. The van der Waals surface area contributed by atoms with Gasteiger partial charge in [0.15, 0.2) is 6.10 Å². The first-order valence-corrected chi connectivity index (χ1v) is 28.7. The third-order valence-corrected chi connectivity index (χ3v) is 12.7. The van der Waals surface area contributed by atoms with E-state index in [1.165, 1.54) is 102 Å². The van der Waals surface area contributed by atoms with Crippen LogP contribution in [0.2, 0.25) is 0 Å². The Hall–Kier alpha value is -2.30. The number of hydrogen-bond acceptors (Lipinski definition) is 13. The standard InChI is InChI=1S/C51H92O16P2/c1-4-6-27-34-45(52)35-29-24-21-22-25-30-36-48(54)49(55)37-32-39-51(57)67-47(43-66-69(61,62)65-41-46(53)40-64-68(58,59)60)42-63-50(56)38-31-26-20-18-16-14-12-10-8-7-9-11-13-15-17-19-23-28-33-44(3)5-2/h6,21-22,24-25,27,29-30,35-36,44-49,52-55H,4-5,7-20,23,26,28,31-34,37-43H2,1-3H3,(H,61,62)(H2,58,59,60)/b24-21+,25-22-,27-6-,35-29+,36-30-/t44?,45-,46-,47+,48+,49+/m0/s1. The van der Waals surface area contributed by atoms with Gasteiger partial charge in [-0.1, -0.05) is 204 Å². The lowest BCUT2D eigenvalue weighted by molar-refractivity contribution is -0.161. The van der Waals surface area contributed by atoms with Crippen molar-refractivity contribution in [2.75, 3.05) is 26.4 Å². The molecule has 7 atom stereocenters. The number of carbonyl (C=O) groups excluding carboxylic acids is 2. The van der Waals surface area contributed by atoms with Gasteiger partial charge in [-0.05, 0) is 38.0 Å². The zero-order valence-electron chi connectivity index (χ0n) is 42.1. The maximum absolute atomic E-state index is 12.7. The Morgan fingerprint density at radius 1 is 0.536 bits per heavy atom. The van der Waals surface area contributed by atoms with Gasteiger partial charge >= 0.3 is 27.6 Å². The van der Waals surface area contributed by atoms with E-state index < -0.39 is 84.5 Å². The number of phosphoric acid groups is 2. The van der Waals surface area contributed by atoms with Crippen molar-refractivity contribution in [1.29, 1.82) is 0 Å². The van der Waals surface area contributed by atoms with Crippen molar-refractivity contribution in [2.24, 2.45) is 5.92 Å². The van der Waals surface area contributed by atoms with Crippen LogP contribution in [-0.4, -0.2) is 104 Å². The van der Waals surface area contributed by atoms with Crippen LogP contribution >= 0.6 is 15.6 Å². The van der Waals surface area contributed by atoms with Gasteiger partial charge in [-0.2, -0.15) is 0 Å².